The summed E-state index contributed by atoms with van der Waals surface area (Å²) in [5.41, 5.74) is 6.65. The number of benzene rings is 2. The molecule has 2 N–H and O–H groups in total. The Hall–Kier alpha value is -3.73. The van der Waals surface area contributed by atoms with Crippen molar-refractivity contribution in [2.24, 2.45) is 5.41 Å². The Balaban J connectivity index is 1.11. The molecule has 5 heterocycles. The fourth-order valence-electron chi connectivity index (χ4n) is 7.13. The summed E-state index contributed by atoms with van der Waals surface area (Å²) in [6.45, 7) is 5.50. The topological polar surface area (TPSA) is 97.8 Å². The lowest BCUT2D eigenvalue weighted by molar-refractivity contribution is -0.120. The number of pyridine rings is 2. The van der Waals surface area contributed by atoms with Gasteiger partial charge in [-0.25, -0.2) is 4.98 Å². The van der Waals surface area contributed by atoms with Crippen LogP contribution in [-0.2, 0) is 22.6 Å². The van der Waals surface area contributed by atoms with Crippen molar-refractivity contribution in [2.75, 3.05) is 47.1 Å². The van der Waals surface area contributed by atoms with Gasteiger partial charge in [-0.3, -0.25) is 14.7 Å². The molecule has 1 spiro atoms. The van der Waals surface area contributed by atoms with E-state index >= 15 is 0 Å². The van der Waals surface area contributed by atoms with Gasteiger partial charge in [0.2, 0.25) is 11.8 Å². The van der Waals surface area contributed by atoms with Crippen LogP contribution in [-0.4, -0.2) is 73.9 Å². The molecule has 9 nitrogen and oxygen atoms in total. The maximum Gasteiger partial charge on any atom is 0.220 e. The molecule has 0 aliphatic carbocycles. The van der Waals surface area contributed by atoms with E-state index in [1.54, 1.807) is 20.4 Å². The van der Waals surface area contributed by atoms with Gasteiger partial charge < -0.3 is 24.8 Å². The van der Waals surface area contributed by atoms with E-state index in [9.17, 15) is 4.79 Å². The Morgan fingerprint density at radius 2 is 1.75 bits per heavy atom. The molecule has 3 saturated heterocycles. The van der Waals surface area contributed by atoms with Crippen LogP contribution in [0.15, 0.2) is 60.8 Å². The van der Waals surface area contributed by atoms with Crippen molar-refractivity contribution < 1.29 is 19.0 Å². The normalized spacial score (nSPS) is 17.7. The lowest BCUT2D eigenvalue weighted by Gasteiger charge is -2.47. The Morgan fingerprint density at radius 3 is 2.50 bits per heavy atom. The number of ether oxygens (including phenoxy) is 3. The number of hydrogen-bond donors (Lipinski definition) is 2. The second kappa shape index (κ2) is 14.0. The van der Waals surface area contributed by atoms with Crippen LogP contribution in [0.25, 0.3) is 33.6 Å². The highest BCUT2D eigenvalue weighted by molar-refractivity contribution is 6.39. The van der Waals surface area contributed by atoms with Gasteiger partial charge in [-0.2, -0.15) is 0 Å². The van der Waals surface area contributed by atoms with E-state index in [0.29, 0.717) is 52.9 Å². The largest absolute Gasteiger partial charge is 0.496 e. The van der Waals surface area contributed by atoms with Gasteiger partial charge in [0, 0.05) is 103 Å². The van der Waals surface area contributed by atoms with E-state index in [2.05, 4.69) is 26.6 Å². The minimum absolute atomic E-state index is 0.0669. The Morgan fingerprint density at radius 1 is 0.979 bits per heavy atom. The summed E-state index contributed by atoms with van der Waals surface area (Å²) >= 11 is 14.2. The van der Waals surface area contributed by atoms with E-state index in [1.807, 2.05) is 48.5 Å². The first-order chi connectivity index (χ1) is 23.4. The number of nitrogens with one attached hydrogen (secondary N) is 2. The molecule has 0 atom stereocenters. The molecular weight excluding hydrogens is 649 g/mol. The predicted octanol–water partition coefficient (Wildman–Crippen LogP) is 6.39. The van der Waals surface area contributed by atoms with Gasteiger partial charge in [-0.15, -0.1) is 0 Å². The van der Waals surface area contributed by atoms with Crippen LogP contribution in [0.5, 0.6) is 11.6 Å². The molecule has 4 aromatic rings. The van der Waals surface area contributed by atoms with E-state index in [4.69, 9.17) is 42.4 Å². The second-order valence-corrected chi connectivity index (χ2v) is 13.7. The third-order valence-corrected chi connectivity index (χ3v) is 10.4. The fourth-order valence-corrected chi connectivity index (χ4v) is 7.78. The summed E-state index contributed by atoms with van der Waals surface area (Å²) in [5, 5.41) is 7.63. The fraction of sp³-hybridized carbons (Fsp3) is 0.378. The first-order valence-electron chi connectivity index (χ1n) is 16.3. The molecule has 0 radical (unpaired) electrons. The van der Waals surface area contributed by atoms with Crippen molar-refractivity contribution in [3.05, 3.63) is 82.0 Å². The minimum atomic E-state index is 0.0669. The molecule has 2 aromatic heterocycles. The molecule has 250 valence electrons. The van der Waals surface area contributed by atoms with Crippen LogP contribution in [0.1, 0.15) is 30.4 Å². The van der Waals surface area contributed by atoms with Crippen molar-refractivity contribution in [1.29, 1.82) is 0 Å². The summed E-state index contributed by atoms with van der Waals surface area (Å²) in [4.78, 5) is 23.6. The minimum Gasteiger partial charge on any atom is -0.496 e. The van der Waals surface area contributed by atoms with E-state index in [1.165, 1.54) is 0 Å². The zero-order valence-corrected chi connectivity index (χ0v) is 28.7. The summed E-state index contributed by atoms with van der Waals surface area (Å²) in [6.07, 6.45) is 4.37. The average molecular weight is 689 g/mol. The standard InChI is InChI=1S/C37H39Cl2N5O4/c1-46-31-16-23(6-7-24(31)18-41-26-11-14-48-15-12-26)35-34(39)28(10-13-40-35)27-4-3-5-29(33(27)38)30-9-8-25(36(43-30)47-2)19-44-21-37(22-44)17-32(45)42-20-37/h3-10,13,16,26,41H,11-12,14-15,17-22H2,1-2H3,(H,42,45). The highest BCUT2D eigenvalue weighted by atomic mass is 35.5. The molecule has 0 bridgehead atoms. The van der Waals surface area contributed by atoms with Crippen molar-refractivity contribution in [3.63, 3.8) is 0 Å². The van der Waals surface area contributed by atoms with Crippen molar-refractivity contribution in [1.82, 2.24) is 25.5 Å². The van der Waals surface area contributed by atoms with E-state index in [0.717, 1.165) is 84.8 Å². The monoisotopic (exact) mass is 687 g/mol. The molecule has 1 amide bonds. The average Bonchev–Trinajstić information content (AvgIpc) is 3.49. The van der Waals surface area contributed by atoms with E-state index in [-0.39, 0.29) is 11.3 Å². The molecule has 48 heavy (non-hydrogen) atoms. The first kappa shape index (κ1) is 32.8. The van der Waals surface area contributed by atoms with Gasteiger partial charge in [-0.1, -0.05) is 59.6 Å². The third-order valence-electron chi connectivity index (χ3n) is 9.66. The first-order valence-corrected chi connectivity index (χ1v) is 17.1. The molecular formula is C37H39Cl2N5O4. The van der Waals surface area contributed by atoms with Crippen LogP contribution < -0.4 is 20.1 Å². The number of rotatable bonds is 10. The number of likely N-dealkylation sites (tertiary alicyclic amines) is 1. The highest BCUT2D eigenvalue weighted by Crippen LogP contribution is 2.43. The SMILES string of the molecule is COc1cc(-c2nccc(-c3cccc(-c4ccc(CN5CC6(CNC(=O)C6)C5)c(OC)n4)c3Cl)c2Cl)ccc1CNC1CCOCC1. The molecule has 3 aliphatic rings. The Labute approximate surface area is 290 Å². The quantitative estimate of drug-likeness (QED) is 0.198. The predicted molar refractivity (Wildman–Crippen MR) is 187 cm³/mol. The molecule has 7 rings (SSSR count). The number of carbonyl (C=O) groups is 1. The molecule has 0 unspecified atom stereocenters. The number of halogens is 2. The lowest BCUT2D eigenvalue weighted by Crippen LogP contribution is -2.56. The number of carbonyl (C=O) groups excluding carboxylic acids is 1. The molecule has 3 fully saturated rings. The maximum atomic E-state index is 11.7. The Bertz CT molecular complexity index is 1820. The zero-order valence-electron chi connectivity index (χ0n) is 27.2. The van der Waals surface area contributed by atoms with Gasteiger partial charge >= 0.3 is 0 Å². The number of hydrogen-bond acceptors (Lipinski definition) is 8. The second-order valence-electron chi connectivity index (χ2n) is 12.9. The summed E-state index contributed by atoms with van der Waals surface area (Å²) in [6, 6.07) is 18.3. The van der Waals surface area contributed by atoms with Crippen molar-refractivity contribution >= 4 is 29.1 Å². The molecule has 0 saturated carbocycles. The lowest BCUT2D eigenvalue weighted by atomic mass is 9.79. The summed E-state index contributed by atoms with van der Waals surface area (Å²) in [7, 11) is 3.31. The van der Waals surface area contributed by atoms with Gasteiger partial charge in [0.1, 0.15) is 5.75 Å². The smallest absolute Gasteiger partial charge is 0.220 e. The summed E-state index contributed by atoms with van der Waals surface area (Å²) in [5.74, 6) is 1.48. The number of methoxy groups -OCH3 is 2. The van der Waals surface area contributed by atoms with E-state index < -0.39 is 0 Å². The molecule has 2 aromatic carbocycles. The number of aromatic nitrogens is 2. The van der Waals surface area contributed by atoms with Gasteiger partial charge in [0.05, 0.1) is 35.7 Å². The third kappa shape index (κ3) is 6.62. The molecule has 11 heteroatoms. The number of amides is 1. The van der Waals surface area contributed by atoms with Crippen LogP contribution >= 0.6 is 23.2 Å². The summed E-state index contributed by atoms with van der Waals surface area (Å²) < 4.78 is 17.0. The highest BCUT2D eigenvalue weighted by Gasteiger charge is 2.48. The Kier molecular flexibility index (Phi) is 9.58. The van der Waals surface area contributed by atoms with Gasteiger partial charge in [0.25, 0.3) is 0 Å². The van der Waals surface area contributed by atoms with Crippen LogP contribution in [0, 0.1) is 5.41 Å². The van der Waals surface area contributed by atoms with Gasteiger partial charge in [-0.05, 0) is 31.0 Å². The number of nitrogens with zero attached hydrogens (tertiary/aromatic N) is 3. The van der Waals surface area contributed by atoms with Crippen molar-refractivity contribution in [3.8, 4) is 45.3 Å². The van der Waals surface area contributed by atoms with Crippen LogP contribution in [0.3, 0.4) is 0 Å². The van der Waals surface area contributed by atoms with Crippen LogP contribution in [0.2, 0.25) is 10.0 Å². The van der Waals surface area contributed by atoms with Gasteiger partial charge in [0.15, 0.2) is 0 Å². The maximum absolute atomic E-state index is 11.7. The van der Waals surface area contributed by atoms with Crippen LogP contribution in [0.4, 0.5) is 0 Å². The molecule has 3 aliphatic heterocycles. The van der Waals surface area contributed by atoms with Crippen molar-refractivity contribution in [2.45, 2.75) is 38.4 Å². The zero-order chi connectivity index (χ0) is 33.3.